The Morgan fingerprint density at radius 3 is 2.48 bits per heavy atom. The molecule has 2 aromatic carbocycles. The number of H-pyrrole nitrogens is 1. The maximum Gasteiger partial charge on any atom is 0.282 e. The number of carbonyl (C=O) groups excluding carboxylic acids is 1. The highest BCUT2D eigenvalue weighted by Gasteiger charge is 2.20. The molecule has 0 bridgehead atoms. The molecule has 4 N–H and O–H groups in total. The summed E-state index contributed by atoms with van der Waals surface area (Å²) >= 11 is 0. The summed E-state index contributed by atoms with van der Waals surface area (Å²) in [5.74, 6) is 0.533. The number of hydrogen-bond donors (Lipinski definition) is 3. The molecule has 0 saturated carbocycles. The van der Waals surface area contributed by atoms with Crippen LogP contribution in [0, 0.1) is 0 Å². The van der Waals surface area contributed by atoms with Crippen LogP contribution in [0.25, 0.3) is 33.7 Å². The van der Waals surface area contributed by atoms with Crippen LogP contribution in [0.1, 0.15) is 55.5 Å². The number of benzene rings is 2. The number of aryl methyl sites for hydroxylation is 1. The van der Waals surface area contributed by atoms with Gasteiger partial charge in [-0.3, -0.25) is 14.2 Å². The number of nitrogen functional groups attached to an aromatic ring is 1. The molecule has 0 aliphatic carbocycles. The fraction of sp³-hybridized carbons (Fsp3) is 0.286. The van der Waals surface area contributed by atoms with Crippen LogP contribution in [0.5, 0.6) is 0 Å². The molecule has 3 aromatic heterocycles. The molecule has 40 heavy (non-hydrogen) atoms. The molecule has 0 atom stereocenters. The van der Waals surface area contributed by atoms with Crippen molar-refractivity contribution >= 4 is 22.9 Å². The minimum absolute atomic E-state index is 0.0319. The zero-order valence-electron chi connectivity index (χ0n) is 22.5. The number of unbranched alkanes of at least 4 members (excludes halogenated alkanes) is 1. The van der Waals surface area contributed by atoms with E-state index < -0.39 is 5.91 Å². The second-order valence-corrected chi connectivity index (χ2v) is 9.76. The fourth-order valence-corrected chi connectivity index (χ4v) is 4.45. The molecule has 0 spiro atoms. The van der Waals surface area contributed by atoms with Crippen LogP contribution in [0.2, 0.25) is 0 Å². The summed E-state index contributed by atoms with van der Waals surface area (Å²) in [6.07, 6.45) is 2.35. The maximum absolute atomic E-state index is 13.6. The van der Waals surface area contributed by atoms with Gasteiger partial charge < -0.3 is 11.1 Å². The Morgan fingerprint density at radius 1 is 1.05 bits per heavy atom. The third-order valence-electron chi connectivity index (χ3n) is 6.41. The van der Waals surface area contributed by atoms with E-state index in [1.54, 1.807) is 4.57 Å². The van der Waals surface area contributed by atoms with Gasteiger partial charge >= 0.3 is 0 Å². The summed E-state index contributed by atoms with van der Waals surface area (Å²) in [4.78, 5) is 39.5. The van der Waals surface area contributed by atoms with E-state index in [4.69, 9.17) is 5.73 Å². The molecule has 1 amide bonds. The number of tetrazole rings is 1. The Balaban J connectivity index is 1.51. The number of amides is 1. The second-order valence-electron chi connectivity index (χ2n) is 9.76. The van der Waals surface area contributed by atoms with Crippen LogP contribution in [0.15, 0.2) is 53.3 Å². The van der Waals surface area contributed by atoms with Crippen LogP contribution in [0.4, 0.5) is 5.82 Å². The van der Waals surface area contributed by atoms with E-state index >= 15 is 0 Å². The van der Waals surface area contributed by atoms with E-state index in [9.17, 15) is 9.59 Å². The number of fused-ring (bicyclic) bond motifs is 1. The van der Waals surface area contributed by atoms with Crippen molar-refractivity contribution in [1.29, 1.82) is 0 Å². The standard InChI is InChI=1S/C28H30N10O2/c1-4-5-10-21-31-26-23(32-24(29)22(33-26)27(39)30-16(2)3)28(40)38(21)15-17-11-13-18(14-12-17)19-8-6-7-9-20(19)25-34-36-37-35-25/h6-9,11-14,16H,4-5,10,15H2,1-3H3,(H2,29,32)(H,30,39)(H,34,35,36,37). The number of rotatable bonds is 9. The molecule has 3 heterocycles. The number of nitrogens with two attached hydrogens (primary N) is 1. The highest BCUT2D eigenvalue weighted by molar-refractivity contribution is 5.98. The molecule has 5 rings (SSSR count). The maximum atomic E-state index is 13.6. The first kappa shape index (κ1) is 26.6. The minimum atomic E-state index is -0.455. The summed E-state index contributed by atoms with van der Waals surface area (Å²) in [5.41, 5.74) is 9.52. The summed E-state index contributed by atoms with van der Waals surface area (Å²) in [6.45, 7) is 6.04. The molecule has 12 heteroatoms. The largest absolute Gasteiger partial charge is 0.382 e. The minimum Gasteiger partial charge on any atom is -0.382 e. The number of carbonyl (C=O) groups is 1. The van der Waals surface area contributed by atoms with Crippen LogP contribution in [-0.2, 0) is 13.0 Å². The number of nitrogens with one attached hydrogen (secondary N) is 2. The fourth-order valence-electron chi connectivity index (χ4n) is 4.45. The van der Waals surface area contributed by atoms with Gasteiger partial charge in [-0.1, -0.05) is 61.9 Å². The van der Waals surface area contributed by atoms with Crippen molar-refractivity contribution in [2.75, 3.05) is 5.73 Å². The molecule has 0 unspecified atom stereocenters. The van der Waals surface area contributed by atoms with Crippen LogP contribution >= 0.6 is 0 Å². The predicted molar refractivity (Wildman–Crippen MR) is 151 cm³/mol. The summed E-state index contributed by atoms with van der Waals surface area (Å²) in [7, 11) is 0. The smallest absolute Gasteiger partial charge is 0.282 e. The zero-order chi connectivity index (χ0) is 28.2. The molecular weight excluding hydrogens is 508 g/mol. The van der Waals surface area contributed by atoms with Crippen molar-refractivity contribution in [2.24, 2.45) is 0 Å². The lowest BCUT2D eigenvalue weighted by atomic mass is 9.98. The lowest BCUT2D eigenvalue weighted by Crippen LogP contribution is -2.32. The molecule has 5 aromatic rings. The summed E-state index contributed by atoms with van der Waals surface area (Å²) in [6, 6.07) is 15.7. The van der Waals surface area contributed by atoms with Crippen molar-refractivity contribution in [1.82, 2.24) is 45.5 Å². The predicted octanol–water partition coefficient (Wildman–Crippen LogP) is 3.14. The van der Waals surface area contributed by atoms with Gasteiger partial charge in [-0.15, -0.1) is 10.2 Å². The highest BCUT2D eigenvalue weighted by Crippen LogP contribution is 2.29. The molecular formula is C28H30N10O2. The van der Waals surface area contributed by atoms with Crippen molar-refractivity contribution in [3.63, 3.8) is 0 Å². The quantitative estimate of drug-likeness (QED) is 0.255. The third kappa shape index (κ3) is 5.41. The topological polar surface area (TPSA) is 170 Å². The van der Waals surface area contributed by atoms with E-state index in [-0.39, 0.29) is 34.3 Å². The van der Waals surface area contributed by atoms with Crippen molar-refractivity contribution in [3.8, 4) is 22.5 Å². The van der Waals surface area contributed by atoms with Crippen LogP contribution in [0.3, 0.4) is 0 Å². The second kappa shape index (κ2) is 11.4. The van der Waals surface area contributed by atoms with Gasteiger partial charge in [0.25, 0.3) is 11.5 Å². The lowest BCUT2D eigenvalue weighted by molar-refractivity contribution is 0.0939. The van der Waals surface area contributed by atoms with E-state index in [2.05, 4.69) is 47.8 Å². The van der Waals surface area contributed by atoms with E-state index in [1.807, 2.05) is 62.4 Å². The van der Waals surface area contributed by atoms with Crippen LogP contribution in [-0.4, -0.2) is 52.1 Å². The molecule has 204 valence electrons. The van der Waals surface area contributed by atoms with Gasteiger partial charge in [-0.05, 0) is 42.2 Å². The first-order chi connectivity index (χ1) is 19.4. The molecule has 0 aliphatic heterocycles. The van der Waals surface area contributed by atoms with Gasteiger partial charge in [0.2, 0.25) is 5.82 Å². The Bertz CT molecular complexity index is 1710. The number of aromatic nitrogens is 8. The van der Waals surface area contributed by atoms with Crippen molar-refractivity contribution in [3.05, 3.63) is 76.0 Å². The molecule has 0 fully saturated rings. The normalized spacial score (nSPS) is 11.3. The van der Waals surface area contributed by atoms with Crippen LogP contribution < -0.4 is 16.6 Å². The summed E-state index contributed by atoms with van der Waals surface area (Å²) in [5, 5.41) is 17.1. The molecule has 0 radical (unpaired) electrons. The third-order valence-corrected chi connectivity index (χ3v) is 6.41. The van der Waals surface area contributed by atoms with Gasteiger partial charge in [0.05, 0.1) is 6.54 Å². The van der Waals surface area contributed by atoms with Crippen molar-refractivity contribution < 1.29 is 4.79 Å². The van der Waals surface area contributed by atoms with Gasteiger partial charge in [0.1, 0.15) is 5.82 Å². The zero-order valence-corrected chi connectivity index (χ0v) is 22.5. The highest BCUT2D eigenvalue weighted by atomic mass is 16.2. The Kier molecular flexibility index (Phi) is 7.58. The van der Waals surface area contributed by atoms with Gasteiger partial charge in [0, 0.05) is 18.0 Å². The van der Waals surface area contributed by atoms with E-state index in [0.717, 1.165) is 35.1 Å². The average Bonchev–Trinajstić information content (AvgIpc) is 3.49. The molecule has 0 saturated heterocycles. The average molecular weight is 539 g/mol. The van der Waals surface area contributed by atoms with Crippen molar-refractivity contribution in [2.45, 2.75) is 52.6 Å². The lowest BCUT2D eigenvalue weighted by Gasteiger charge is -2.15. The number of hydrogen-bond acceptors (Lipinski definition) is 9. The van der Waals surface area contributed by atoms with Gasteiger partial charge in [-0.2, -0.15) is 5.21 Å². The molecule has 0 aliphatic rings. The first-order valence-electron chi connectivity index (χ1n) is 13.2. The van der Waals surface area contributed by atoms with Gasteiger partial charge in [-0.25, -0.2) is 15.0 Å². The Labute approximate surface area is 230 Å². The molecule has 12 nitrogen and oxygen atoms in total. The number of anilines is 1. The number of nitrogens with zero attached hydrogens (tertiary/aromatic N) is 7. The van der Waals surface area contributed by atoms with E-state index in [0.29, 0.717) is 24.6 Å². The monoisotopic (exact) mass is 538 g/mol. The van der Waals surface area contributed by atoms with Gasteiger partial charge in [0.15, 0.2) is 22.7 Å². The Hall–Kier alpha value is -5.00. The summed E-state index contributed by atoms with van der Waals surface area (Å²) < 4.78 is 1.61. The Morgan fingerprint density at radius 2 is 1.80 bits per heavy atom. The number of aromatic amines is 1. The first-order valence-corrected chi connectivity index (χ1v) is 13.2. The SMILES string of the molecule is CCCCc1nc2nc(C(=O)NC(C)C)c(N)nc2c(=O)n1Cc1ccc(-c2ccccc2-c2nn[nH]n2)cc1. The van der Waals surface area contributed by atoms with E-state index in [1.165, 1.54) is 0 Å².